The van der Waals surface area contributed by atoms with Crippen LogP contribution in [0, 0.1) is 12.8 Å². The number of aryl methyl sites for hydroxylation is 1. The van der Waals surface area contributed by atoms with Gasteiger partial charge < -0.3 is 5.73 Å². The third-order valence-corrected chi connectivity index (χ3v) is 5.77. The fourth-order valence-electron chi connectivity index (χ4n) is 2.74. The molecule has 0 radical (unpaired) electrons. The van der Waals surface area contributed by atoms with E-state index in [1.807, 2.05) is 0 Å². The molecule has 0 spiro atoms. The van der Waals surface area contributed by atoms with Gasteiger partial charge in [-0.25, -0.2) is 8.42 Å². The zero-order valence-corrected chi connectivity index (χ0v) is 12.3. The largest absolute Gasteiger partial charge is 0.325 e. The predicted octanol–water partition coefficient (Wildman–Crippen LogP) is 0.988. The van der Waals surface area contributed by atoms with E-state index < -0.39 is 10.0 Å². The van der Waals surface area contributed by atoms with E-state index >= 15 is 0 Å². The monoisotopic (exact) mass is 286 g/mol. The highest BCUT2D eigenvalue weighted by atomic mass is 32.2. The lowest BCUT2D eigenvalue weighted by Gasteiger charge is -2.17. The first-order valence-electron chi connectivity index (χ1n) is 6.74. The van der Waals surface area contributed by atoms with Gasteiger partial charge in [0.1, 0.15) is 4.90 Å². The summed E-state index contributed by atoms with van der Waals surface area (Å²) in [7, 11) is -3.46. The van der Waals surface area contributed by atoms with Crippen molar-refractivity contribution in [3.63, 3.8) is 0 Å². The Morgan fingerprint density at radius 3 is 2.89 bits per heavy atom. The Morgan fingerprint density at radius 1 is 1.53 bits per heavy atom. The molecule has 0 bridgehead atoms. The number of nitrogens with one attached hydrogen (secondary N) is 1. The summed E-state index contributed by atoms with van der Waals surface area (Å²) >= 11 is 0. The first kappa shape index (κ1) is 14.5. The van der Waals surface area contributed by atoms with Crippen molar-refractivity contribution >= 4 is 10.0 Å². The Bertz CT molecular complexity index is 538. The molecule has 3 N–H and O–H groups in total. The second-order valence-corrected chi connectivity index (χ2v) is 7.01. The van der Waals surface area contributed by atoms with Crippen molar-refractivity contribution in [2.45, 2.75) is 44.6 Å². The van der Waals surface area contributed by atoms with Gasteiger partial charge >= 0.3 is 0 Å². The highest BCUT2D eigenvalue weighted by molar-refractivity contribution is 7.89. The molecular weight excluding hydrogens is 264 g/mol. The Kier molecular flexibility index (Phi) is 4.27. The molecular formula is C12H22N4O2S. The lowest BCUT2D eigenvalue weighted by atomic mass is 10.0. The quantitative estimate of drug-likeness (QED) is 0.844. The number of hydrogen-bond acceptors (Lipinski definition) is 4. The molecule has 1 aromatic heterocycles. The van der Waals surface area contributed by atoms with E-state index in [9.17, 15) is 8.42 Å². The SMILES string of the molecule is CCCC1CCN(S(=O)(=O)c2c(CN)n[nH]c2C)C1. The molecule has 0 saturated carbocycles. The van der Waals surface area contributed by atoms with Crippen molar-refractivity contribution in [3.8, 4) is 0 Å². The van der Waals surface area contributed by atoms with Gasteiger partial charge in [0, 0.05) is 19.6 Å². The maximum absolute atomic E-state index is 12.7. The molecule has 1 aromatic rings. The van der Waals surface area contributed by atoms with E-state index in [2.05, 4.69) is 17.1 Å². The number of rotatable bonds is 5. The van der Waals surface area contributed by atoms with Crippen molar-refractivity contribution < 1.29 is 8.42 Å². The summed E-state index contributed by atoms with van der Waals surface area (Å²) in [5, 5.41) is 6.69. The summed E-state index contributed by atoms with van der Waals surface area (Å²) in [5.41, 5.74) is 6.57. The lowest BCUT2D eigenvalue weighted by Crippen LogP contribution is -2.30. The summed E-state index contributed by atoms with van der Waals surface area (Å²) in [5.74, 6) is 0.480. The lowest BCUT2D eigenvalue weighted by molar-refractivity contribution is 0.444. The minimum atomic E-state index is -3.46. The van der Waals surface area contributed by atoms with E-state index in [-0.39, 0.29) is 11.4 Å². The molecule has 0 aliphatic carbocycles. The van der Waals surface area contributed by atoms with Crippen molar-refractivity contribution in [3.05, 3.63) is 11.4 Å². The van der Waals surface area contributed by atoms with Crippen LogP contribution in [0.3, 0.4) is 0 Å². The van der Waals surface area contributed by atoms with Crippen LogP contribution in [0.1, 0.15) is 37.6 Å². The second kappa shape index (κ2) is 5.60. The summed E-state index contributed by atoms with van der Waals surface area (Å²) in [6.07, 6.45) is 3.12. The number of H-pyrrole nitrogens is 1. The average molecular weight is 286 g/mol. The molecule has 108 valence electrons. The van der Waals surface area contributed by atoms with Crippen LogP contribution in [0.15, 0.2) is 4.90 Å². The van der Waals surface area contributed by atoms with Crippen molar-refractivity contribution in [1.29, 1.82) is 0 Å². The topological polar surface area (TPSA) is 92.1 Å². The van der Waals surface area contributed by atoms with Crippen molar-refractivity contribution in [1.82, 2.24) is 14.5 Å². The molecule has 1 atom stereocenters. The Balaban J connectivity index is 2.26. The number of aromatic amines is 1. The van der Waals surface area contributed by atoms with Crippen LogP contribution >= 0.6 is 0 Å². The van der Waals surface area contributed by atoms with E-state index in [4.69, 9.17) is 5.73 Å². The highest BCUT2D eigenvalue weighted by Gasteiger charge is 2.35. The van der Waals surface area contributed by atoms with Crippen LogP contribution in [0.4, 0.5) is 0 Å². The smallest absolute Gasteiger partial charge is 0.246 e. The van der Waals surface area contributed by atoms with Gasteiger partial charge in [0.2, 0.25) is 10.0 Å². The van der Waals surface area contributed by atoms with Crippen LogP contribution < -0.4 is 5.73 Å². The van der Waals surface area contributed by atoms with Crippen molar-refractivity contribution in [2.75, 3.05) is 13.1 Å². The zero-order chi connectivity index (χ0) is 14.0. The standard InChI is InChI=1S/C12H22N4O2S/c1-3-4-10-5-6-16(8-10)19(17,18)12-9(2)14-15-11(12)7-13/h10H,3-8,13H2,1-2H3,(H,14,15). The van der Waals surface area contributed by atoms with Gasteiger partial charge in [-0.1, -0.05) is 13.3 Å². The predicted molar refractivity (Wildman–Crippen MR) is 73.0 cm³/mol. The molecule has 7 heteroatoms. The van der Waals surface area contributed by atoms with Crippen LogP contribution in [0.2, 0.25) is 0 Å². The number of aromatic nitrogens is 2. The molecule has 1 aliphatic heterocycles. The zero-order valence-electron chi connectivity index (χ0n) is 11.5. The van der Waals surface area contributed by atoms with Crippen molar-refractivity contribution in [2.24, 2.45) is 11.7 Å². The number of sulfonamides is 1. The summed E-state index contributed by atoms with van der Waals surface area (Å²) in [4.78, 5) is 0.271. The molecule has 2 rings (SSSR count). The van der Waals surface area contributed by atoms with Gasteiger partial charge in [0.15, 0.2) is 0 Å². The summed E-state index contributed by atoms with van der Waals surface area (Å²) in [6, 6.07) is 0. The van der Waals surface area contributed by atoms with Crippen LogP contribution in [-0.2, 0) is 16.6 Å². The van der Waals surface area contributed by atoms with Crippen LogP contribution in [0.25, 0.3) is 0 Å². The minimum Gasteiger partial charge on any atom is -0.325 e. The minimum absolute atomic E-state index is 0.130. The molecule has 2 heterocycles. The molecule has 1 fully saturated rings. The third kappa shape index (κ3) is 2.68. The Labute approximate surface area is 114 Å². The number of nitrogens with zero attached hydrogens (tertiary/aromatic N) is 2. The average Bonchev–Trinajstić information content (AvgIpc) is 2.96. The molecule has 1 unspecified atom stereocenters. The van der Waals surface area contributed by atoms with Gasteiger partial charge in [0.25, 0.3) is 0 Å². The number of hydrogen-bond donors (Lipinski definition) is 2. The Morgan fingerprint density at radius 2 is 2.26 bits per heavy atom. The molecule has 1 aliphatic rings. The molecule has 19 heavy (non-hydrogen) atoms. The van der Waals surface area contributed by atoms with Crippen LogP contribution in [-0.4, -0.2) is 36.0 Å². The first-order valence-corrected chi connectivity index (χ1v) is 8.18. The van der Waals surface area contributed by atoms with E-state index in [0.29, 0.717) is 30.4 Å². The van der Waals surface area contributed by atoms with Gasteiger partial charge in [-0.3, -0.25) is 5.10 Å². The van der Waals surface area contributed by atoms with E-state index in [0.717, 1.165) is 19.3 Å². The van der Waals surface area contributed by atoms with E-state index in [1.54, 1.807) is 11.2 Å². The molecule has 0 amide bonds. The highest BCUT2D eigenvalue weighted by Crippen LogP contribution is 2.29. The second-order valence-electron chi connectivity index (χ2n) is 5.13. The maximum Gasteiger partial charge on any atom is 0.246 e. The normalized spacial score (nSPS) is 21.1. The van der Waals surface area contributed by atoms with Gasteiger partial charge in [0.05, 0.1) is 11.4 Å². The third-order valence-electron chi connectivity index (χ3n) is 3.70. The number of nitrogens with two attached hydrogens (primary N) is 1. The maximum atomic E-state index is 12.7. The first-order chi connectivity index (χ1) is 9.00. The summed E-state index contributed by atoms with van der Waals surface area (Å²) < 4.78 is 26.9. The summed E-state index contributed by atoms with van der Waals surface area (Å²) in [6.45, 7) is 5.19. The van der Waals surface area contributed by atoms with E-state index in [1.165, 1.54) is 0 Å². The molecule has 1 saturated heterocycles. The fourth-order valence-corrected chi connectivity index (χ4v) is 4.61. The Hall–Kier alpha value is -0.920. The van der Waals surface area contributed by atoms with Crippen LogP contribution in [0.5, 0.6) is 0 Å². The van der Waals surface area contributed by atoms with Gasteiger partial charge in [-0.2, -0.15) is 9.40 Å². The molecule has 6 nitrogen and oxygen atoms in total. The van der Waals surface area contributed by atoms with Gasteiger partial charge in [-0.15, -0.1) is 0 Å². The van der Waals surface area contributed by atoms with Gasteiger partial charge in [-0.05, 0) is 25.7 Å². The molecule has 0 aromatic carbocycles. The fraction of sp³-hybridized carbons (Fsp3) is 0.750.